The summed E-state index contributed by atoms with van der Waals surface area (Å²) in [7, 11) is 0. The molecule has 1 heterocycles. The maximum absolute atomic E-state index is 13.5. The molecule has 0 saturated carbocycles. The highest BCUT2D eigenvalue weighted by molar-refractivity contribution is 5.96. The van der Waals surface area contributed by atoms with E-state index in [0.29, 0.717) is 11.3 Å². The van der Waals surface area contributed by atoms with E-state index in [-0.39, 0.29) is 18.1 Å². The first-order chi connectivity index (χ1) is 10.1. The molecule has 0 aliphatic carbocycles. The van der Waals surface area contributed by atoms with E-state index in [1.54, 1.807) is 19.1 Å². The number of para-hydroxylation sites is 1. The molecule has 2 aromatic carbocycles. The number of halogens is 1. The molecule has 0 radical (unpaired) electrons. The normalized spacial score (nSPS) is 10.8. The van der Waals surface area contributed by atoms with Gasteiger partial charge in [-0.25, -0.2) is 4.39 Å². The van der Waals surface area contributed by atoms with E-state index < -0.39 is 0 Å². The molecule has 2 N–H and O–H groups in total. The molecule has 0 saturated heterocycles. The lowest BCUT2D eigenvalue weighted by atomic mass is 10.1. The lowest BCUT2D eigenvalue weighted by Crippen LogP contribution is -2.15. The van der Waals surface area contributed by atoms with Gasteiger partial charge in [0.05, 0.1) is 6.42 Å². The second kappa shape index (κ2) is 5.40. The van der Waals surface area contributed by atoms with E-state index >= 15 is 0 Å². The molecule has 3 rings (SSSR count). The Bertz CT molecular complexity index is 807. The number of rotatable bonds is 3. The lowest BCUT2D eigenvalue weighted by molar-refractivity contribution is -0.115. The van der Waals surface area contributed by atoms with Crippen LogP contribution in [0.15, 0.2) is 48.7 Å². The Morgan fingerprint density at radius 1 is 1.19 bits per heavy atom. The van der Waals surface area contributed by atoms with E-state index in [1.807, 2.05) is 30.5 Å². The number of aromatic amines is 1. The summed E-state index contributed by atoms with van der Waals surface area (Å²) in [6.07, 6.45) is 2.09. The molecular formula is C17H15FN2O. The monoisotopic (exact) mass is 282 g/mol. The minimum Gasteiger partial charge on any atom is -0.361 e. The molecule has 0 fully saturated rings. The van der Waals surface area contributed by atoms with Crippen molar-refractivity contribution in [3.63, 3.8) is 0 Å². The van der Waals surface area contributed by atoms with Crippen molar-refractivity contribution in [1.82, 2.24) is 4.98 Å². The molecule has 1 amide bonds. The van der Waals surface area contributed by atoms with Crippen LogP contribution in [0.1, 0.15) is 11.1 Å². The summed E-state index contributed by atoms with van der Waals surface area (Å²) in [5.74, 6) is -0.478. The van der Waals surface area contributed by atoms with Crippen molar-refractivity contribution in [1.29, 1.82) is 0 Å². The van der Waals surface area contributed by atoms with Gasteiger partial charge in [0.2, 0.25) is 5.91 Å². The topological polar surface area (TPSA) is 44.9 Å². The lowest BCUT2D eigenvalue weighted by Gasteiger charge is -2.08. The third-order valence-electron chi connectivity index (χ3n) is 3.57. The Morgan fingerprint density at radius 2 is 2.00 bits per heavy atom. The van der Waals surface area contributed by atoms with Gasteiger partial charge in [0.15, 0.2) is 0 Å². The molecule has 0 unspecified atom stereocenters. The van der Waals surface area contributed by atoms with Gasteiger partial charge in [0.25, 0.3) is 0 Å². The highest BCUT2D eigenvalue weighted by Crippen LogP contribution is 2.20. The number of hydrogen-bond acceptors (Lipinski definition) is 1. The van der Waals surface area contributed by atoms with E-state index in [9.17, 15) is 9.18 Å². The number of benzene rings is 2. The number of nitrogens with one attached hydrogen (secondary N) is 2. The van der Waals surface area contributed by atoms with Crippen molar-refractivity contribution >= 4 is 22.5 Å². The van der Waals surface area contributed by atoms with Gasteiger partial charge in [-0.2, -0.15) is 0 Å². The highest BCUT2D eigenvalue weighted by Gasteiger charge is 2.11. The predicted molar refractivity (Wildman–Crippen MR) is 81.8 cm³/mol. The Kier molecular flexibility index (Phi) is 3.44. The first-order valence-electron chi connectivity index (χ1n) is 6.75. The van der Waals surface area contributed by atoms with Crippen LogP contribution < -0.4 is 5.32 Å². The van der Waals surface area contributed by atoms with Crippen molar-refractivity contribution in [3.8, 4) is 0 Å². The third-order valence-corrected chi connectivity index (χ3v) is 3.57. The molecule has 0 bridgehead atoms. The second-order valence-electron chi connectivity index (χ2n) is 5.00. The van der Waals surface area contributed by atoms with Crippen molar-refractivity contribution in [2.45, 2.75) is 13.3 Å². The molecule has 4 heteroatoms. The van der Waals surface area contributed by atoms with Crippen LogP contribution in [0.4, 0.5) is 10.1 Å². The summed E-state index contributed by atoms with van der Waals surface area (Å²) < 4.78 is 13.5. The second-order valence-corrected chi connectivity index (χ2v) is 5.00. The minimum atomic E-state index is -0.320. The van der Waals surface area contributed by atoms with E-state index in [2.05, 4.69) is 10.3 Å². The molecule has 0 atom stereocenters. The zero-order chi connectivity index (χ0) is 14.8. The van der Waals surface area contributed by atoms with Crippen LogP contribution in [-0.4, -0.2) is 10.9 Å². The Morgan fingerprint density at radius 3 is 2.86 bits per heavy atom. The van der Waals surface area contributed by atoms with Crippen LogP contribution in [0, 0.1) is 12.7 Å². The number of carbonyl (C=O) groups is 1. The number of anilines is 1. The van der Waals surface area contributed by atoms with Crippen molar-refractivity contribution in [2.24, 2.45) is 0 Å². The van der Waals surface area contributed by atoms with Crippen molar-refractivity contribution in [2.75, 3.05) is 5.32 Å². The number of aromatic nitrogens is 1. The van der Waals surface area contributed by atoms with Gasteiger partial charge in [-0.15, -0.1) is 0 Å². The van der Waals surface area contributed by atoms with Gasteiger partial charge < -0.3 is 10.3 Å². The molecule has 0 aliphatic heterocycles. The van der Waals surface area contributed by atoms with Crippen molar-refractivity contribution in [3.05, 3.63) is 65.6 Å². The molecule has 3 aromatic rings. The molecule has 3 nitrogen and oxygen atoms in total. The van der Waals surface area contributed by atoms with Crippen LogP contribution in [-0.2, 0) is 11.2 Å². The van der Waals surface area contributed by atoms with Crippen LogP contribution in [0.2, 0.25) is 0 Å². The van der Waals surface area contributed by atoms with E-state index in [1.165, 1.54) is 6.07 Å². The van der Waals surface area contributed by atoms with Gasteiger partial charge in [0.1, 0.15) is 5.82 Å². The Hall–Kier alpha value is -2.62. The average molecular weight is 282 g/mol. The van der Waals surface area contributed by atoms with Gasteiger partial charge in [0, 0.05) is 28.4 Å². The summed E-state index contributed by atoms with van der Waals surface area (Å²) in [4.78, 5) is 15.3. The van der Waals surface area contributed by atoms with E-state index in [4.69, 9.17) is 0 Å². The smallest absolute Gasteiger partial charge is 0.228 e. The quantitative estimate of drug-likeness (QED) is 0.754. The summed E-state index contributed by atoms with van der Waals surface area (Å²) in [5.41, 5.74) is 2.89. The fraction of sp³-hybridized carbons (Fsp3) is 0.118. The first-order valence-corrected chi connectivity index (χ1v) is 6.75. The third kappa shape index (κ3) is 2.65. The van der Waals surface area contributed by atoms with Gasteiger partial charge in [-0.1, -0.05) is 24.3 Å². The van der Waals surface area contributed by atoms with Crippen LogP contribution in [0.25, 0.3) is 10.9 Å². The van der Waals surface area contributed by atoms with Gasteiger partial charge in [-0.05, 0) is 30.7 Å². The number of amides is 1. The van der Waals surface area contributed by atoms with Gasteiger partial charge >= 0.3 is 0 Å². The summed E-state index contributed by atoms with van der Waals surface area (Å²) in [6, 6.07) is 12.5. The SMILES string of the molecule is Cc1c(F)cccc1NC(=O)Cc1c[nH]c2ccccc12. The standard InChI is InChI=1S/C17H15FN2O/c1-11-14(18)6-4-8-15(11)20-17(21)9-12-10-19-16-7-3-2-5-13(12)16/h2-8,10,19H,9H2,1H3,(H,20,21). The van der Waals surface area contributed by atoms with Crippen LogP contribution in [0.5, 0.6) is 0 Å². The Balaban J connectivity index is 1.79. The molecule has 106 valence electrons. The maximum Gasteiger partial charge on any atom is 0.228 e. The average Bonchev–Trinajstić information content (AvgIpc) is 2.87. The fourth-order valence-electron chi connectivity index (χ4n) is 2.39. The molecular weight excluding hydrogens is 267 g/mol. The molecule has 0 spiro atoms. The molecule has 21 heavy (non-hydrogen) atoms. The van der Waals surface area contributed by atoms with Crippen molar-refractivity contribution < 1.29 is 9.18 Å². The zero-order valence-electron chi connectivity index (χ0n) is 11.6. The van der Waals surface area contributed by atoms with Crippen LogP contribution >= 0.6 is 0 Å². The largest absolute Gasteiger partial charge is 0.361 e. The fourth-order valence-corrected chi connectivity index (χ4v) is 2.39. The zero-order valence-corrected chi connectivity index (χ0v) is 11.6. The summed E-state index contributed by atoms with van der Waals surface area (Å²) in [5, 5.41) is 3.79. The Labute approximate surface area is 121 Å². The maximum atomic E-state index is 13.5. The van der Waals surface area contributed by atoms with Gasteiger partial charge in [-0.3, -0.25) is 4.79 Å². The first kappa shape index (κ1) is 13.4. The minimum absolute atomic E-state index is 0.159. The molecule has 1 aromatic heterocycles. The number of carbonyl (C=O) groups excluding carboxylic acids is 1. The van der Waals surface area contributed by atoms with E-state index in [0.717, 1.165) is 16.5 Å². The number of H-pyrrole nitrogens is 1. The highest BCUT2D eigenvalue weighted by atomic mass is 19.1. The number of hydrogen-bond donors (Lipinski definition) is 2. The summed E-state index contributed by atoms with van der Waals surface area (Å²) >= 11 is 0. The predicted octanol–water partition coefficient (Wildman–Crippen LogP) is 3.80. The van der Waals surface area contributed by atoms with Crippen LogP contribution in [0.3, 0.4) is 0 Å². The number of fused-ring (bicyclic) bond motifs is 1. The summed E-state index contributed by atoms with van der Waals surface area (Å²) in [6.45, 7) is 1.65. The molecule has 0 aliphatic rings.